The molecule has 0 aromatic rings. The third kappa shape index (κ3) is 3.57. The van der Waals surface area contributed by atoms with Crippen molar-refractivity contribution in [3.8, 4) is 0 Å². The van der Waals surface area contributed by atoms with Gasteiger partial charge in [-0.1, -0.05) is 0 Å². The predicted molar refractivity (Wildman–Crippen MR) is 57.8 cm³/mol. The number of hydrogen-bond donors (Lipinski definition) is 0. The molecule has 0 N–H and O–H groups in total. The number of carbonyl (C=O) groups is 2. The third-order valence-electron chi connectivity index (χ3n) is 2.46. The van der Waals surface area contributed by atoms with Crippen molar-refractivity contribution in [2.45, 2.75) is 39.0 Å². The number of hydrogen-bond acceptors (Lipinski definition) is 5. The van der Waals surface area contributed by atoms with Crippen LogP contribution >= 0.6 is 0 Å². The first-order valence-electron chi connectivity index (χ1n) is 5.43. The number of morpholine rings is 1. The largest absolute Gasteiger partial charge is 0.443 e. The summed E-state index contributed by atoms with van der Waals surface area (Å²) in [6.45, 7) is 7.89. The first-order valence-corrected chi connectivity index (χ1v) is 5.43. The fraction of sp³-hybridized carbons (Fsp3) is 0.818. The molecule has 1 rings (SSSR count). The van der Waals surface area contributed by atoms with Gasteiger partial charge in [-0.25, -0.2) is 0 Å². The van der Waals surface area contributed by atoms with E-state index in [1.54, 1.807) is 0 Å². The van der Waals surface area contributed by atoms with E-state index >= 15 is 0 Å². The van der Waals surface area contributed by atoms with Crippen LogP contribution in [0.2, 0.25) is 0 Å². The minimum atomic E-state index is -0.500. The zero-order chi connectivity index (χ0) is 12.2. The van der Waals surface area contributed by atoms with Crippen molar-refractivity contribution in [3.63, 3.8) is 0 Å². The zero-order valence-electron chi connectivity index (χ0n) is 10.1. The smallest absolute Gasteiger partial charge is 0.314 e. The van der Waals surface area contributed by atoms with Crippen LogP contribution in [-0.2, 0) is 19.1 Å². The maximum absolute atomic E-state index is 11.2. The van der Waals surface area contributed by atoms with Gasteiger partial charge < -0.3 is 14.3 Å². The molecule has 1 fully saturated rings. The second-order valence-electron chi connectivity index (χ2n) is 4.75. The van der Waals surface area contributed by atoms with Crippen LogP contribution < -0.4 is 0 Å². The lowest BCUT2D eigenvalue weighted by molar-refractivity contribution is -0.186. The van der Waals surface area contributed by atoms with Crippen LogP contribution in [0.15, 0.2) is 0 Å². The Hall–Kier alpha value is -0.940. The first kappa shape index (κ1) is 13.1. The Kier molecular flexibility index (Phi) is 4.44. The van der Waals surface area contributed by atoms with Crippen LogP contribution in [0.25, 0.3) is 0 Å². The number of nitrogens with zero attached hydrogens (tertiary/aromatic N) is 1. The van der Waals surface area contributed by atoms with Crippen LogP contribution in [0.4, 0.5) is 0 Å². The van der Waals surface area contributed by atoms with E-state index in [9.17, 15) is 9.59 Å². The molecular formula is C11H19NO4. The molecule has 0 aliphatic carbocycles. The Morgan fingerprint density at radius 2 is 2.25 bits per heavy atom. The Bertz CT molecular complexity index is 259. The Morgan fingerprint density at radius 1 is 1.56 bits per heavy atom. The molecule has 5 nitrogen and oxygen atoms in total. The van der Waals surface area contributed by atoms with Crippen molar-refractivity contribution in [1.82, 2.24) is 4.90 Å². The molecule has 1 atom stereocenters. The number of rotatable bonds is 3. The average molecular weight is 229 g/mol. The van der Waals surface area contributed by atoms with Gasteiger partial charge in [0.05, 0.1) is 13.2 Å². The summed E-state index contributed by atoms with van der Waals surface area (Å²) >= 11 is 0. The molecule has 92 valence electrons. The molecule has 1 aliphatic rings. The molecule has 16 heavy (non-hydrogen) atoms. The van der Waals surface area contributed by atoms with Crippen LogP contribution in [0, 0.1) is 0 Å². The molecule has 1 saturated heterocycles. The van der Waals surface area contributed by atoms with Gasteiger partial charge in [-0.05, 0) is 20.8 Å². The Labute approximate surface area is 95.7 Å². The van der Waals surface area contributed by atoms with Crippen LogP contribution in [-0.4, -0.2) is 48.7 Å². The van der Waals surface area contributed by atoms with E-state index in [4.69, 9.17) is 9.47 Å². The van der Waals surface area contributed by atoms with Gasteiger partial charge in [-0.3, -0.25) is 9.69 Å². The topological polar surface area (TPSA) is 55.8 Å². The lowest BCUT2D eigenvalue weighted by atomic mass is 10.1. The molecule has 0 spiro atoms. The molecule has 0 saturated carbocycles. The molecule has 5 heteroatoms. The van der Waals surface area contributed by atoms with Crippen molar-refractivity contribution < 1.29 is 19.1 Å². The highest BCUT2D eigenvalue weighted by atomic mass is 16.6. The number of esters is 1. The van der Waals surface area contributed by atoms with E-state index in [0.717, 1.165) is 6.54 Å². The third-order valence-corrected chi connectivity index (χ3v) is 2.46. The summed E-state index contributed by atoms with van der Waals surface area (Å²) in [4.78, 5) is 23.5. The fourth-order valence-corrected chi connectivity index (χ4v) is 1.71. The van der Waals surface area contributed by atoms with Crippen molar-refractivity contribution in [2.75, 3.05) is 19.8 Å². The zero-order valence-corrected chi connectivity index (χ0v) is 10.1. The summed E-state index contributed by atoms with van der Waals surface area (Å²) in [6.07, 6.45) is -0.0386. The highest BCUT2D eigenvalue weighted by Gasteiger charge is 2.33. The maximum atomic E-state index is 11.2. The Balaban J connectivity index is 2.60. The van der Waals surface area contributed by atoms with Crippen LogP contribution in [0.5, 0.6) is 0 Å². The summed E-state index contributed by atoms with van der Waals surface area (Å²) in [5, 5.41) is 0. The van der Waals surface area contributed by atoms with Crippen molar-refractivity contribution >= 4 is 12.3 Å². The molecule has 1 unspecified atom stereocenters. The average Bonchev–Trinajstić information content (AvgIpc) is 2.17. The molecule has 1 heterocycles. The quantitative estimate of drug-likeness (QED) is 0.402. The monoisotopic (exact) mass is 229 g/mol. The van der Waals surface area contributed by atoms with Crippen LogP contribution in [0.3, 0.4) is 0 Å². The summed E-state index contributed by atoms with van der Waals surface area (Å²) in [5.41, 5.74) is -0.0874. The van der Waals surface area contributed by atoms with Crippen molar-refractivity contribution in [1.29, 1.82) is 0 Å². The minimum absolute atomic E-state index is 0.0874. The standard InChI is InChI=1S/C11H19NO4/c1-11(2,3)12-5-7-15-8-9(12)16-10(14)4-6-13/h6,9H,4-5,7-8H2,1-3H3. The van der Waals surface area contributed by atoms with Gasteiger partial charge in [0.15, 0.2) is 6.23 Å². The minimum Gasteiger partial charge on any atom is -0.443 e. The predicted octanol–water partition coefficient (Wildman–Crippen LogP) is 0.575. The Morgan fingerprint density at radius 3 is 2.81 bits per heavy atom. The van der Waals surface area contributed by atoms with E-state index in [-0.39, 0.29) is 18.2 Å². The second kappa shape index (κ2) is 5.41. The molecular weight excluding hydrogens is 210 g/mol. The summed E-state index contributed by atoms with van der Waals surface area (Å²) < 4.78 is 10.5. The molecule has 0 aromatic carbocycles. The molecule has 1 aliphatic heterocycles. The number of ether oxygens (including phenoxy) is 2. The fourth-order valence-electron chi connectivity index (χ4n) is 1.71. The second-order valence-corrected chi connectivity index (χ2v) is 4.75. The maximum Gasteiger partial charge on any atom is 0.314 e. The molecule has 0 amide bonds. The lowest BCUT2D eigenvalue weighted by Gasteiger charge is -2.43. The van der Waals surface area contributed by atoms with E-state index in [2.05, 4.69) is 25.7 Å². The molecule has 0 bridgehead atoms. The summed E-state index contributed by atoms with van der Waals surface area (Å²) in [5.74, 6) is -0.500. The van der Waals surface area contributed by atoms with Gasteiger partial charge in [-0.15, -0.1) is 0 Å². The molecule has 0 aromatic heterocycles. The van der Waals surface area contributed by atoms with E-state index < -0.39 is 5.97 Å². The van der Waals surface area contributed by atoms with Gasteiger partial charge >= 0.3 is 5.97 Å². The number of carbonyl (C=O) groups excluding carboxylic acids is 2. The first-order chi connectivity index (χ1) is 7.45. The van der Waals surface area contributed by atoms with Gasteiger partial charge in [0, 0.05) is 12.1 Å². The summed E-state index contributed by atoms with van der Waals surface area (Å²) in [7, 11) is 0. The normalized spacial score (nSPS) is 22.8. The molecule has 0 radical (unpaired) electrons. The van der Waals surface area contributed by atoms with Gasteiger partial charge in [0.25, 0.3) is 0 Å². The van der Waals surface area contributed by atoms with Crippen molar-refractivity contribution in [2.24, 2.45) is 0 Å². The van der Waals surface area contributed by atoms with Gasteiger partial charge in [-0.2, -0.15) is 0 Å². The van der Waals surface area contributed by atoms with E-state index in [0.29, 0.717) is 19.5 Å². The van der Waals surface area contributed by atoms with Crippen LogP contribution in [0.1, 0.15) is 27.2 Å². The highest BCUT2D eigenvalue weighted by Crippen LogP contribution is 2.20. The van der Waals surface area contributed by atoms with Gasteiger partial charge in [0.2, 0.25) is 0 Å². The summed E-state index contributed by atoms with van der Waals surface area (Å²) in [6, 6.07) is 0. The van der Waals surface area contributed by atoms with E-state index in [1.165, 1.54) is 0 Å². The highest BCUT2D eigenvalue weighted by molar-refractivity contribution is 5.83. The SMILES string of the molecule is CC(C)(C)N1CCOCC1OC(=O)CC=O. The van der Waals surface area contributed by atoms with Gasteiger partial charge in [0.1, 0.15) is 12.7 Å². The van der Waals surface area contributed by atoms with E-state index in [1.807, 2.05) is 0 Å². The lowest BCUT2D eigenvalue weighted by Crippen LogP contribution is -2.56. The number of aldehydes is 1. The van der Waals surface area contributed by atoms with Crippen molar-refractivity contribution in [3.05, 3.63) is 0 Å².